The number of hydrogen-bond acceptors (Lipinski definition) is 15. The van der Waals surface area contributed by atoms with Crippen LogP contribution in [-0.2, 0) is 43.2 Å². The Hall–Kier alpha value is -9.20. The Morgan fingerprint density at radius 2 is 1.18 bits per heavy atom. The highest BCUT2D eigenvalue weighted by Gasteiger charge is 2.43. The van der Waals surface area contributed by atoms with E-state index in [0.717, 1.165) is 148 Å². The molecule has 2 saturated heterocycles. The Labute approximate surface area is 786 Å². The molecule has 0 spiro atoms. The van der Waals surface area contributed by atoms with E-state index in [1.807, 2.05) is 178 Å². The number of aromatic hydroxyl groups is 3. The maximum Gasteiger partial charge on any atom is 0.347 e. The van der Waals surface area contributed by atoms with E-state index in [2.05, 4.69) is 142 Å². The summed E-state index contributed by atoms with van der Waals surface area (Å²) in [5, 5.41) is 37.3. The third-order valence-electron chi connectivity index (χ3n) is 24.4. The number of ketones is 4. The number of para-hydroxylation sites is 2. The highest BCUT2D eigenvalue weighted by Crippen LogP contribution is 2.47. The van der Waals surface area contributed by atoms with Crippen LogP contribution < -0.4 is 30.6 Å². The normalized spacial score (nSPS) is 16.7. The minimum atomic E-state index is -0.591. The molecule has 5 heterocycles. The number of unbranched alkanes of at least 4 members (excludes halogenated alkanes) is 1. The van der Waals surface area contributed by atoms with E-state index in [-0.39, 0.29) is 74.1 Å². The molecule has 3 aliphatic rings. The van der Waals surface area contributed by atoms with Gasteiger partial charge < -0.3 is 55.9 Å². The van der Waals surface area contributed by atoms with Crippen molar-refractivity contribution in [2.45, 2.75) is 353 Å². The van der Waals surface area contributed by atoms with Crippen molar-refractivity contribution in [3.8, 4) is 34.5 Å². The van der Waals surface area contributed by atoms with E-state index < -0.39 is 22.8 Å². The van der Waals surface area contributed by atoms with Crippen molar-refractivity contribution >= 4 is 80.2 Å². The molecule has 6 atom stereocenters. The van der Waals surface area contributed by atoms with E-state index in [1.54, 1.807) is 42.5 Å². The number of phenolic OH excluding ortho intramolecular Hbond substituents is 3. The van der Waals surface area contributed by atoms with Gasteiger partial charge in [0.1, 0.15) is 63.0 Å². The lowest BCUT2D eigenvalue weighted by atomic mass is 9.79. The Morgan fingerprint density at radius 1 is 0.623 bits per heavy atom. The van der Waals surface area contributed by atoms with Crippen LogP contribution in [0.5, 0.6) is 34.5 Å². The van der Waals surface area contributed by atoms with E-state index in [0.29, 0.717) is 64.8 Å². The van der Waals surface area contributed by atoms with E-state index >= 15 is 0 Å². The standard InChI is InChI=1S/C26H42O3.C19H20O3.C15H20N2O2.C15H21NO.C14H24N2O2S.C12H22O.C10H18O/c1-16(2)17(3)12-11-14-26(10)15-13-21-20(6)22(28-24(27)25(7,8)9)18(4)19(5)23(21)29-26;1-13(19(2,3)4)14-9-6-8-12-17(14)22-18(21)15-10-5-7-11-16(15)20;1-15(2,3)14(19)12(16)6-9-8-17-13-5-4-10(18)7-11(9)13;1-15(2,3)8-4-5-11-10-16-14-7-6-12(17)9-13(11)14;1-14(2,3)11(17)7-5-4-6-10-12-9(8-19-10)15-13(18)16-12;1-6-7-8-9-12(4,5)11(13)10(2)3;1-5-6-7-8-9(11)10(2,3)4/h16-17H,11-15H2,1-10H3;5-12,20H,1H2,2-4H3;4-5,7-8,12,17-18H,6,16H2,1-3H3;6-7,9-10,16-17H,4-5,8H2,1-3H3;9-10,12H,4-8H2,1-3H3,(H2,15,16,18);7-8,10H,6,9H2,1-5H3;6-7H,5,8H2,1-4H3/b;;;;;8-7-;7-6-/t;;12-;;9-,10-,12-;;/m..0.0../s1. The second-order valence-electron chi connectivity index (χ2n) is 43.7. The van der Waals surface area contributed by atoms with Crippen LogP contribution in [0.3, 0.4) is 0 Å². The van der Waals surface area contributed by atoms with Crippen LogP contribution in [0.1, 0.15) is 333 Å². The van der Waals surface area contributed by atoms with Gasteiger partial charge in [-0.15, -0.1) is 0 Å². The molecular weight excluding hydrogens is 1640 g/mol. The SMILES string of the molecule is C=C(c1ccccc1OC(=O)c1ccccc1O)C(C)(C)C.CC(C)(C)C(=O)CCCC[C@@H]1SC[C@@H]2NC(=O)N[C@@H]21.CC(C)(C)C(=O)[C@@H](N)Cc1c[nH]c2ccc(O)cc12.CC(C)(C)CCCc1c[nH]c2ccc(O)cc12.CC/C=C\CC(=O)C(C)(C)C.CC/C=C\CC(C)(C)C(=O)C(C)C.Cc1c(C)c2c(c(C)c1OC(=O)C(C)(C)C)CCC(C)(CCCC(C)C(C)C)O2. The number of H-pyrrole nitrogens is 2. The maximum absolute atomic E-state index is 12.5. The van der Waals surface area contributed by atoms with E-state index in [1.165, 1.54) is 48.9 Å². The van der Waals surface area contributed by atoms with Gasteiger partial charge in [-0.3, -0.25) is 24.0 Å². The Kier molecular flexibility index (Phi) is 43.6. The van der Waals surface area contributed by atoms with Crippen molar-refractivity contribution in [3.63, 3.8) is 0 Å². The third kappa shape index (κ3) is 36.4. The molecule has 0 radical (unpaired) electrons. The first-order chi connectivity index (χ1) is 60.1. The summed E-state index contributed by atoms with van der Waals surface area (Å²) in [7, 11) is 0. The number of nitrogens with one attached hydrogen (secondary N) is 4. The monoisotopic (exact) mass is 1810 g/mol. The molecule has 19 heteroatoms. The smallest absolute Gasteiger partial charge is 0.347 e. The van der Waals surface area contributed by atoms with Gasteiger partial charge in [-0.05, 0) is 243 Å². The molecule has 2 aromatic heterocycles. The van der Waals surface area contributed by atoms with Crippen LogP contribution >= 0.6 is 11.8 Å². The Balaban J connectivity index is 0.000000324. The lowest BCUT2D eigenvalue weighted by Gasteiger charge is -2.38. The molecule has 2 unspecified atom stereocenters. The zero-order valence-electron chi connectivity index (χ0n) is 85.4. The summed E-state index contributed by atoms with van der Waals surface area (Å²) >= 11 is 1.94. The molecule has 0 bridgehead atoms. The number of carbonyl (C=O) groups excluding carboxylic acids is 7. The highest BCUT2D eigenvalue weighted by atomic mass is 32.2. The second-order valence-corrected chi connectivity index (χ2v) is 44.9. The molecule has 3 aliphatic heterocycles. The topological polar surface area (TPSA) is 290 Å². The predicted molar refractivity (Wildman–Crippen MR) is 542 cm³/mol. The first-order valence-electron chi connectivity index (χ1n) is 47.4. The zero-order chi connectivity index (χ0) is 98.6. The number of nitrogens with two attached hydrogens (primary N) is 1. The number of esters is 2. The predicted octanol–water partition coefficient (Wildman–Crippen LogP) is 27.3. The number of aryl methyl sites for hydroxylation is 1. The molecule has 5 aromatic carbocycles. The van der Waals surface area contributed by atoms with Crippen molar-refractivity contribution in [3.05, 3.63) is 173 Å². The van der Waals surface area contributed by atoms with Gasteiger partial charge in [0.2, 0.25) is 0 Å². The highest BCUT2D eigenvalue weighted by molar-refractivity contribution is 8.00. The Morgan fingerprint density at radius 3 is 1.71 bits per heavy atom. The van der Waals surface area contributed by atoms with Gasteiger partial charge in [-0.1, -0.05) is 240 Å². The van der Waals surface area contributed by atoms with Crippen LogP contribution in [0.15, 0.2) is 128 Å². The zero-order valence-corrected chi connectivity index (χ0v) is 86.2. The van der Waals surface area contributed by atoms with Crippen LogP contribution in [0, 0.1) is 76.4 Å². The van der Waals surface area contributed by atoms with Gasteiger partial charge in [0.05, 0.1) is 23.5 Å². The number of urea groups is 1. The number of allylic oxidation sites excluding steroid dienone is 5. The van der Waals surface area contributed by atoms with E-state index in [9.17, 15) is 48.9 Å². The van der Waals surface area contributed by atoms with Gasteiger partial charge in [-0.25, -0.2) is 9.59 Å². The molecule has 0 saturated carbocycles. The second kappa shape index (κ2) is 50.0. The molecule has 0 aliphatic carbocycles. The first kappa shape index (κ1) is 113. The summed E-state index contributed by atoms with van der Waals surface area (Å²) in [5.41, 5.74) is 15.1. The number of carbonyl (C=O) groups is 7. The van der Waals surface area contributed by atoms with Crippen LogP contribution in [-0.4, -0.2) is 101 Å². The minimum absolute atomic E-state index is 0.0248. The van der Waals surface area contributed by atoms with Gasteiger partial charge >= 0.3 is 18.0 Å². The summed E-state index contributed by atoms with van der Waals surface area (Å²) in [4.78, 5) is 89.3. The van der Waals surface area contributed by atoms with Crippen molar-refractivity contribution in [2.24, 2.45) is 61.4 Å². The number of phenols is 3. The molecule has 720 valence electrons. The number of Topliss-reactive ketones (excluding diaryl/α,β-unsaturated/α-hetero) is 4. The quantitative estimate of drug-likeness (QED) is 0.00744. The number of aromatic nitrogens is 2. The summed E-state index contributed by atoms with van der Waals surface area (Å²) in [6.45, 7) is 67.7. The van der Waals surface area contributed by atoms with Crippen molar-refractivity contribution in [2.75, 3.05) is 5.75 Å². The number of hydrogen-bond donors (Lipinski definition) is 8. The fourth-order valence-corrected chi connectivity index (χ4v) is 16.7. The molecule has 130 heavy (non-hydrogen) atoms. The summed E-state index contributed by atoms with van der Waals surface area (Å²) < 4.78 is 18.0. The molecule has 2 amide bonds. The average Bonchev–Trinajstić information content (AvgIpc) is 0.940. The summed E-state index contributed by atoms with van der Waals surface area (Å²) in [5.74, 6) is 5.54. The Bertz CT molecular complexity index is 4930. The van der Waals surface area contributed by atoms with Crippen LogP contribution in [0.4, 0.5) is 4.79 Å². The molecule has 10 rings (SSSR count). The number of thioether (sulfide) groups is 1. The number of aromatic amines is 2. The van der Waals surface area contributed by atoms with Gasteiger partial charge in [-0.2, -0.15) is 11.8 Å². The summed E-state index contributed by atoms with van der Waals surface area (Å²) in [6, 6.07) is 24.3. The number of rotatable bonds is 28. The lowest BCUT2D eigenvalue weighted by molar-refractivity contribution is -0.143. The fourth-order valence-electron chi connectivity index (χ4n) is 15.1. The van der Waals surface area contributed by atoms with Crippen molar-refractivity contribution in [1.82, 2.24) is 20.6 Å². The van der Waals surface area contributed by atoms with Gasteiger partial charge in [0.25, 0.3) is 0 Å². The number of amides is 2. The number of benzene rings is 5. The molecular formula is C111H167N5O13S. The molecule has 18 nitrogen and oxygen atoms in total. The average molecular weight is 1810 g/mol. The lowest BCUT2D eigenvalue weighted by Crippen LogP contribution is -2.40. The van der Waals surface area contributed by atoms with Gasteiger partial charge in [0, 0.05) is 96.7 Å². The number of ether oxygens (including phenoxy) is 3. The minimum Gasteiger partial charge on any atom is -0.508 e. The van der Waals surface area contributed by atoms with Crippen LogP contribution in [0.25, 0.3) is 27.4 Å². The molecule has 7 aromatic rings. The fraction of sp³-hybridized carbons (Fsp3) is 0.577. The molecule has 9 N–H and O–H groups in total. The third-order valence-corrected chi connectivity index (χ3v) is 25.9. The largest absolute Gasteiger partial charge is 0.508 e. The van der Waals surface area contributed by atoms with E-state index in [4.69, 9.17) is 19.9 Å². The van der Waals surface area contributed by atoms with Crippen LogP contribution in [0.2, 0.25) is 0 Å². The van der Waals surface area contributed by atoms with Crippen molar-refractivity contribution < 1.29 is 63.1 Å². The summed E-state index contributed by atoms with van der Waals surface area (Å²) in [6.07, 6.45) is 28.9. The first-order valence-corrected chi connectivity index (χ1v) is 48.4. The van der Waals surface area contributed by atoms with Crippen molar-refractivity contribution in [1.29, 1.82) is 0 Å². The molecule has 2 fully saturated rings. The van der Waals surface area contributed by atoms with Gasteiger partial charge in [0.15, 0.2) is 5.78 Å². The number of fused-ring (bicyclic) bond motifs is 4. The maximum atomic E-state index is 12.5.